The Morgan fingerprint density at radius 3 is 2.47 bits per heavy atom. The molecule has 1 nitrogen and oxygen atoms in total. The maximum absolute atomic E-state index is 12.5. The minimum absolute atomic E-state index is 0.140. The van der Waals surface area contributed by atoms with Crippen LogP contribution in [0.3, 0.4) is 0 Å². The molecule has 4 heteroatoms. The number of halogens is 3. The first kappa shape index (κ1) is 11.9. The summed E-state index contributed by atoms with van der Waals surface area (Å²) in [5.41, 5.74) is 0.746. The standard InChI is InChI=1S/C13H11F3O/c14-13(15,16)11-3-1-2-10(8-11)9-4-6-12(17)7-5-9/h1-4,8H,5-7H2. The predicted molar refractivity (Wildman–Crippen MR) is 58.3 cm³/mol. The number of Topliss-reactive ketones (excluding diaryl/α,β-unsaturated/α-hetero) is 1. The first-order valence-electron chi connectivity index (χ1n) is 5.35. The van der Waals surface area contributed by atoms with E-state index >= 15 is 0 Å². The van der Waals surface area contributed by atoms with Crippen molar-refractivity contribution in [3.05, 3.63) is 41.5 Å². The Bertz CT molecular complexity index is 472. The van der Waals surface area contributed by atoms with Crippen LogP contribution in [0.15, 0.2) is 30.3 Å². The van der Waals surface area contributed by atoms with Gasteiger partial charge in [-0.3, -0.25) is 4.79 Å². The number of carbonyl (C=O) groups excluding carboxylic acids is 1. The van der Waals surface area contributed by atoms with Crippen LogP contribution in [0.4, 0.5) is 13.2 Å². The van der Waals surface area contributed by atoms with E-state index in [9.17, 15) is 18.0 Å². The van der Waals surface area contributed by atoms with E-state index in [0.717, 1.165) is 17.7 Å². The summed E-state index contributed by atoms with van der Waals surface area (Å²) in [6, 6.07) is 5.24. The van der Waals surface area contributed by atoms with Gasteiger partial charge >= 0.3 is 6.18 Å². The molecular formula is C13H11F3O. The minimum atomic E-state index is -4.32. The summed E-state index contributed by atoms with van der Waals surface area (Å²) in [7, 11) is 0. The average Bonchev–Trinajstić information content (AvgIpc) is 2.29. The summed E-state index contributed by atoms with van der Waals surface area (Å²) in [6.45, 7) is 0. The molecule has 2 rings (SSSR count). The van der Waals surface area contributed by atoms with Gasteiger partial charge in [-0.15, -0.1) is 0 Å². The Labute approximate surface area is 96.9 Å². The largest absolute Gasteiger partial charge is 0.416 e. The Balaban J connectivity index is 2.31. The lowest BCUT2D eigenvalue weighted by molar-refractivity contribution is -0.137. The zero-order valence-electron chi connectivity index (χ0n) is 9.05. The molecule has 0 bridgehead atoms. The molecule has 0 atom stereocenters. The molecule has 0 radical (unpaired) electrons. The van der Waals surface area contributed by atoms with Crippen LogP contribution >= 0.6 is 0 Å². The Kier molecular flexibility index (Phi) is 3.05. The van der Waals surface area contributed by atoms with E-state index < -0.39 is 11.7 Å². The van der Waals surface area contributed by atoms with Crippen molar-refractivity contribution < 1.29 is 18.0 Å². The highest BCUT2D eigenvalue weighted by Crippen LogP contribution is 2.32. The van der Waals surface area contributed by atoms with Gasteiger partial charge in [-0.25, -0.2) is 0 Å². The van der Waals surface area contributed by atoms with Crippen LogP contribution in [0.25, 0.3) is 5.57 Å². The quantitative estimate of drug-likeness (QED) is 0.728. The van der Waals surface area contributed by atoms with Crippen molar-refractivity contribution in [2.45, 2.75) is 25.4 Å². The summed E-state index contributed by atoms with van der Waals surface area (Å²) in [5.74, 6) is 0.140. The minimum Gasteiger partial charge on any atom is -0.299 e. The molecule has 0 amide bonds. The molecule has 90 valence electrons. The number of hydrogen-bond acceptors (Lipinski definition) is 1. The Hall–Kier alpha value is -1.58. The van der Waals surface area contributed by atoms with Crippen molar-refractivity contribution in [3.8, 4) is 0 Å². The van der Waals surface area contributed by atoms with Crippen molar-refractivity contribution in [2.24, 2.45) is 0 Å². The van der Waals surface area contributed by atoms with Gasteiger partial charge in [-0.1, -0.05) is 18.2 Å². The van der Waals surface area contributed by atoms with Gasteiger partial charge in [0.15, 0.2) is 0 Å². The van der Waals surface area contributed by atoms with Gasteiger partial charge in [0.2, 0.25) is 0 Å². The zero-order valence-corrected chi connectivity index (χ0v) is 9.05. The number of benzene rings is 1. The van der Waals surface area contributed by atoms with E-state index in [0.29, 0.717) is 24.8 Å². The van der Waals surface area contributed by atoms with Crippen molar-refractivity contribution in [1.29, 1.82) is 0 Å². The summed E-state index contributed by atoms with van der Waals surface area (Å²) in [4.78, 5) is 11.0. The molecule has 1 aromatic rings. The third-order valence-electron chi connectivity index (χ3n) is 2.81. The lowest BCUT2D eigenvalue weighted by Crippen LogP contribution is -2.06. The number of allylic oxidation sites excluding steroid dienone is 2. The van der Waals surface area contributed by atoms with E-state index in [2.05, 4.69) is 0 Å². The third kappa shape index (κ3) is 2.75. The van der Waals surface area contributed by atoms with Gasteiger partial charge < -0.3 is 0 Å². The SMILES string of the molecule is O=C1CC=C(c2cccc(C(F)(F)F)c2)CC1. The molecule has 1 aliphatic rings. The fraction of sp³-hybridized carbons (Fsp3) is 0.308. The molecule has 0 aromatic heterocycles. The highest BCUT2D eigenvalue weighted by atomic mass is 19.4. The third-order valence-corrected chi connectivity index (χ3v) is 2.81. The number of rotatable bonds is 1. The Morgan fingerprint density at radius 1 is 1.12 bits per heavy atom. The van der Waals surface area contributed by atoms with E-state index in [1.807, 2.05) is 0 Å². The summed E-state index contributed by atoms with van der Waals surface area (Å²) >= 11 is 0. The molecule has 0 aliphatic heterocycles. The summed E-state index contributed by atoms with van der Waals surface area (Å²) in [6.07, 6.45) is -1.32. The van der Waals surface area contributed by atoms with Gasteiger partial charge in [-0.05, 0) is 29.7 Å². The van der Waals surface area contributed by atoms with Gasteiger partial charge in [-0.2, -0.15) is 13.2 Å². The second-order valence-electron chi connectivity index (χ2n) is 4.05. The van der Waals surface area contributed by atoms with Crippen molar-refractivity contribution in [1.82, 2.24) is 0 Å². The number of hydrogen-bond donors (Lipinski definition) is 0. The van der Waals surface area contributed by atoms with Gasteiger partial charge in [0.1, 0.15) is 5.78 Å². The topological polar surface area (TPSA) is 17.1 Å². The monoisotopic (exact) mass is 240 g/mol. The molecular weight excluding hydrogens is 229 g/mol. The van der Waals surface area contributed by atoms with E-state index in [1.165, 1.54) is 6.07 Å². The molecule has 1 aromatic carbocycles. The fourth-order valence-electron chi connectivity index (χ4n) is 1.87. The number of alkyl halides is 3. The second kappa shape index (κ2) is 4.35. The summed E-state index contributed by atoms with van der Waals surface area (Å²) < 4.78 is 37.6. The summed E-state index contributed by atoms with van der Waals surface area (Å²) in [5, 5.41) is 0. The van der Waals surface area contributed by atoms with Crippen LogP contribution in [0.5, 0.6) is 0 Å². The highest BCUT2D eigenvalue weighted by molar-refractivity contribution is 5.86. The molecule has 0 N–H and O–H groups in total. The van der Waals surface area contributed by atoms with Crippen LogP contribution in [-0.2, 0) is 11.0 Å². The predicted octanol–water partition coefficient (Wildman–Crippen LogP) is 3.84. The molecule has 1 aliphatic carbocycles. The van der Waals surface area contributed by atoms with Gasteiger partial charge in [0, 0.05) is 12.8 Å². The molecule has 0 spiro atoms. The van der Waals surface area contributed by atoms with Crippen molar-refractivity contribution >= 4 is 11.4 Å². The van der Waals surface area contributed by atoms with E-state index in [4.69, 9.17) is 0 Å². The van der Waals surface area contributed by atoms with Crippen LogP contribution in [0.2, 0.25) is 0 Å². The van der Waals surface area contributed by atoms with Crippen molar-refractivity contribution in [3.63, 3.8) is 0 Å². The van der Waals surface area contributed by atoms with E-state index in [1.54, 1.807) is 12.1 Å². The van der Waals surface area contributed by atoms with Gasteiger partial charge in [0.05, 0.1) is 5.56 Å². The van der Waals surface area contributed by atoms with Crippen LogP contribution in [-0.4, -0.2) is 5.78 Å². The molecule has 17 heavy (non-hydrogen) atoms. The molecule has 0 unspecified atom stereocenters. The molecule has 0 heterocycles. The van der Waals surface area contributed by atoms with Crippen molar-refractivity contribution in [2.75, 3.05) is 0 Å². The molecule has 0 saturated heterocycles. The maximum atomic E-state index is 12.5. The lowest BCUT2D eigenvalue weighted by atomic mass is 9.92. The average molecular weight is 240 g/mol. The van der Waals surface area contributed by atoms with E-state index in [-0.39, 0.29) is 5.78 Å². The van der Waals surface area contributed by atoms with Crippen LogP contribution < -0.4 is 0 Å². The number of ketones is 1. The number of carbonyl (C=O) groups is 1. The Morgan fingerprint density at radius 2 is 1.88 bits per heavy atom. The normalized spacial score (nSPS) is 16.9. The first-order valence-corrected chi connectivity index (χ1v) is 5.35. The second-order valence-corrected chi connectivity index (χ2v) is 4.05. The first-order chi connectivity index (χ1) is 7.97. The molecule has 0 saturated carbocycles. The highest BCUT2D eigenvalue weighted by Gasteiger charge is 2.30. The lowest BCUT2D eigenvalue weighted by Gasteiger charge is -2.14. The smallest absolute Gasteiger partial charge is 0.299 e. The van der Waals surface area contributed by atoms with Crippen LogP contribution in [0, 0.1) is 0 Å². The molecule has 0 fully saturated rings. The van der Waals surface area contributed by atoms with Gasteiger partial charge in [0.25, 0.3) is 0 Å². The zero-order chi connectivity index (χ0) is 12.5. The maximum Gasteiger partial charge on any atom is 0.416 e. The van der Waals surface area contributed by atoms with Crippen LogP contribution in [0.1, 0.15) is 30.4 Å². The fourth-order valence-corrected chi connectivity index (χ4v) is 1.87.